The van der Waals surface area contributed by atoms with Crippen LogP contribution < -0.4 is 21.3 Å². The number of carbonyl (C=O) groups is 3. The van der Waals surface area contributed by atoms with Crippen LogP contribution in [0.25, 0.3) is 0 Å². The van der Waals surface area contributed by atoms with Crippen molar-refractivity contribution in [2.75, 3.05) is 17.2 Å². The summed E-state index contributed by atoms with van der Waals surface area (Å²) in [6.07, 6.45) is 5.58. The summed E-state index contributed by atoms with van der Waals surface area (Å²) in [7, 11) is 0. The number of amides is 3. The molecule has 0 saturated heterocycles. The Bertz CT molecular complexity index is 1170. The molecule has 0 atom stereocenters. The molecule has 4 rings (SSSR count). The van der Waals surface area contributed by atoms with Gasteiger partial charge in [0.25, 0.3) is 11.8 Å². The molecular weight excluding hydrogens is 452 g/mol. The molecule has 3 amide bonds. The maximum Gasteiger partial charge on any atom is 0.251 e. The van der Waals surface area contributed by atoms with E-state index in [0.717, 1.165) is 36.9 Å². The minimum absolute atomic E-state index is 0.0536. The molecule has 1 saturated carbocycles. The van der Waals surface area contributed by atoms with Crippen molar-refractivity contribution in [1.29, 1.82) is 0 Å². The third-order valence-electron chi connectivity index (χ3n) is 6.24. The first-order valence-corrected chi connectivity index (χ1v) is 12.4. The first-order valence-electron chi connectivity index (χ1n) is 12.4. The Morgan fingerprint density at radius 1 is 0.722 bits per heavy atom. The Morgan fingerprint density at radius 3 is 2.22 bits per heavy atom. The van der Waals surface area contributed by atoms with Crippen LogP contribution in [-0.4, -0.2) is 30.3 Å². The molecule has 0 aliphatic heterocycles. The highest BCUT2D eigenvalue weighted by atomic mass is 16.2. The van der Waals surface area contributed by atoms with E-state index in [1.807, 2.05) is 30.3 Å². The summed E-state index contributed by atoms with van der Waals surface area (Å²) in [6.45, 7) is 0.515. The number of rotatable bonds is 9. The topological polar surface area (TPSA) is 99.3 Å². The van der Waals surface area contributed by atoms with Crippen molar-refractivity contribution >= 4 is 29.1 Å². The monoisotopic (exact) mass is 484 g/mol. The van der Waals surface area contributed by atoms with Crippen LogP contribution in [0.15, 0.2) is 78.9 Å². The van der Waals surface area contributed by atoms with E-state index in [1.54, 1.807) is 48.5 Å². The van der Waals surface area contributed by atoms with Gasteiger partial charge in [0.1, 0.15) is 0 Å². The Hall–Kier alpha value is -4.13. The standard InChI is InChI=1S/C29H32N4O3/c34-27(32-26-13-7-10-23(18-26)29(36)33-25-11-5-2-6-12-25)20-30-24-16-14-22(15-17-24)28(35)31-19-21-8-3-1-4-9-21/h1,3-4,7-10,13-18,25,30H,2,5-6,11-12,19-20H2,(H,31,35)(H,32,34)(H,33,36). The summed E-state index contributed by atoms with van der Waals surface area (Å²) in [5.74, 6) is -0.496. The molecule has 1 fully saturated rings. The van der Waals surface area contributed by atoms with E-state index in [9.17, 15) is 14.4 Å². The smallest absolute Gasteiger partial charge is 0.251 e. The zero-order chi connectivity index (χ0) is 25.2. The average molecular weight is 485 g/mol. The Labute approximate surface area is 211 Å². The van der Waals surface area contributed by atoms with Crippen molar-refractivity contribution in [3.05, 3.63) is 95.6 Å². The van der Waals surface area contributed by atoms with Crippen molar-refractivity contribution in [2.24, 2.45) is 0 Å². The van der Waals surface area contributed by atoms with Crippen molar-refractivity contribution < 1.29 is 14.4 Å². The van der Waals surface area contributed by atoms with Gasteiger partial charge in [-0.15, -0.1) is 0 Å². The summed E-state index contributed by atoms with van der Waals surface area (Å²) < 4.78 is 0. The fourth-order valence-corrected chi connectivity index (χ4v) is 4.26. The molecule has 3 aromatic rings. The lowest BCUT2D eigenvalue weighted by atomic mass is 9.95. The highest BCUT2D eigenvalue weighted by Gasteiger charge is 2.17. The van der Waals surface area contributed by atoms with Gasteiger partial charge in [0.15, 0.2) is 0 Å². The van der Waals surface area contributed by atoms with E-state index >= 15 is 0 Å². The molecule has 4 N–H and O–H groups in total. The van der Waals surface area contributed by atoms with E-state index in [-0.39, 0.29) is 30.3 Å². The molecule has 0 spiro atoms. The van der Waals surface area contributed by atoms with E-state index in [1.165, 1.54) is 6.42 Å². The van der Waals surface area contributed by atoms with Gasteiger partial charge in [-0.25, -0.2) is 0 Å². The van der Waals surface area contributed by atoms with Crippen LogP contribution in [0, 0.1) is 0 Å². The van der Waals surface area contributed by atoms with E-state index in [4.69, 9.17) is 0 Å². The van der Waals surface area contributed by atoms with Gasteiger partial charge in [0.05, 0.1) is 6.54 Å². The first-order chi connectivity index (χ1) is 17.6. The molecule has 0 unspecified atom stereocenters. The van der Waals surface area contributed by atoms with Crippen LogP contribution >= 0.6 is 0 Å². The van der Waals surface area contributed by atoms with Crippen LogP contribution in [0.2, 0.25) is 0 Å². The van der Waals surface area contributed by atoms with Gasteiger partial charge in [0.2, 0.25) is 5.91 Å². The largest absolute Gasteiger partial charge is 0.376 e. The molecule has 0 radical (unpaired) electrons. The summed E-state index contributed by atoms with van der Waals surface area (Å²) in [6, 6.07) is 23.9. The van der Waals surface area contributed by atoms with E-state index < -0.39 is 0 Å². The SMILES string of the molecule is O=C(CNc1ccc(C(=O)NCc2ccccc2)cc1)Nc1cccc(C(=O)NC2CCCCC2)c1. The van der Waals surface area contributed by atoms with Gasteiger partial charge in [-0.05, 0) is 60.9 Å². The van der Waals surface area contributed by atoms with Gasteiger partial charge in [-0.1, -0.05) is 55.7 Å². The van der Waals surface area contributed by atoms with Crippen LogP contribution in [0.1, 0.15) is 58.4 Å². The van der Waals surface area contributed by atoms with Crippen LogP contribution in [0.3, 0.4) is 0 Å². The zero-order valence-corrected chi connectivity index (χ0v) is 20.3. The second-order valence-electron chi connectivity index (χ2n) is 9.04. The molecular formula is C29H32N4O3. The third kappa shape index (κ3) is 7.43. The minimum atomic E-state index is -0.232. The van der Waals surface area contributed by atoms with E-state index in [0.29, 0.717) is 23.4 Å². The molecule has 0 bridgehead atoms. The highest BCUT2D eigenvalue weighted by Crippen LogP contribution is 2.18. The molecule has 1 aliphatic carbocycles. The fraction of sp³-hybridized carbons (Fsp3) is 0.276. The lowest BCUT2D eigenvalue weighted by Gasteiger charge is -2.22. The summed E-state index contributed by atoms with van der Waals surface area (Å²) in [5.41, 5.74) is 3.41. The molecule has 0 aromatic heterocycles. The first kappa shape index (κ1) is 25.0. The summed E-state index contributed by atoms with van der Waals surface area (Å²) in [4.78, 5) is 37.4. The number of anilines is 2. The molecule has 186 valence electrons. The zero-order valence-electron chi connectivity index (χ0n) is 20.3. The highest BCUT2D eigenvalue weighted by molar-refractivity contribution is 5.98. The van der Waals surface area contributed by atoms with Crippen LogP contribution in [-0.2, 0) is 11.3 Å². The van der Waals surface area contributed by atoms with Gasteiger partial charge < -0.3 is 21.3 Å². The van der Waals surface area contributed by atoms with Gasteiger partial charge in [-0.3, -0.25) is 14.4 Å². The predicted octanol–water partition coefficient (Wildman–Crippen LogP) is 4.73. The number of carbonyl (C=O) groups excluding carboxylic acids is 3. The van der Waals surface area contributed by atoms with Crippen molar-refractivity contribution in [2.45, 2.75) is 44.7 Å². The summed E-state index contributed by atoms with van der Waals surface area (Å²) >= 11 is 0. The summed E-state index contributed by atoms with van der Waals surface area (Å²) in [5, 5.41) is 11.9. The number of nitrogens with one attached hydrogen (secondary N) is 4. The maximum atomic E-state index is 12.6. The Kier molecular flexibility index (Phi) is 8.70. The lowest BCUT2D eigenvalue weighted by molar-refractivity contribution is -0.114. The number of hydrogen-bond acceptors (Lipinski definition) is 4. The molecule has 36 heavy (non-hydrogen) atoms. The average Bonchev–Trinajstić information content (AvgIpc) is 2.92. The van der Waals surface area contributed by atoms with Crippen LogP contribution in [0.5, 0.6) is 0 Å². The predicted molar refractivity (Wildman–Crippen MR) is 142 cm³/mol. The second kappa shape index (κ2) is 12.5. The van der Waals surface area contributed by atoms with Crippen molar-refractivity contribution in [3.8, 4) is 0 Å². The molecule has 3 aromatic carbocycles. The van der Waals surface area contributed by atoms with Crippen molar-refractivity contribution in [3.63, 3.8) is 0 Å². The fourth-order valence-electron chi connectivity index (χ4n) is 4.26. The molecule has 7 nitrogen and oxygen atoms in total. The van der Waals surface area contributed by atoms with Gasteiger partial charge in [-0.2, -0.15) is 0 Å². The van der Waals surface area contributed by atoms with Gasteiger partial charge >= 0.3 is 0 Å². The van der Waals surface area contributed by atoms with E-state index in [2.05, 4.69) is 21.3 Å². The normalized spacial score (nSPS) is 13.4. The number of benzene rings is 3. The Balaban J connectivity index is 1.23. The molecule has 1 aliphatic rings. The van der Waals surface area contributed by atoms with Crippen molar-refractivity contribution in [1.82, 2.24) is 10.6 Å². The third-order valence-corrected chi connectivity index (χ3v) is 6.24. The maximum absolute atomic E-state index is 12.6. The molecule has 7 heteroatoms. The Morgan fingerprint density at radius 2 is 1.47 bits per heavy atom. The van der Waals surface area contributed by atoms with Crippen LogP contribution in [0.4, 0.5) is 11.4 Å². The quantitative estimate of drug-likeness (QED) is 0.353. The van der Waals surface area contributed by atoms with Gasteiger partial charge in [0, 0.05) is 35.1 Å². The minimum Gasteiger partial charge on any atom is -0.376 e. The lowest BCUT2D eigenvalue weighted by Crippen LogP contribution is -2.36. The second-order valence-corrected chi connectivity index (χ2v) is 9.04. The molecule has 0 heterocycles. The number of hydrogen-bond donors (Lipinski definition) is 4.